The predicted octanol–water partition coefficient (Wildman–Crippen LogP) is 2.15. The van der Waals surface area contributed by atoms with Crippen molar-refractivity contribution in [2.75, 3.05) is 0 Å². The summed E-state index contributed by atoms with van der Waals surface area (Å²) in [5.41, 5.74) is 0.900. The summed E-state index contributed by atoms with van der Waals surface area (Å²) in [4.78, 5) is 0. The van der Waals surface area contributed by atoms with Crippen LogP contribution in [0.25, 0.3) is 0 Å². The van der Waals surface area contributed by atoms with Gasteiger partial charge in [0.1, 0.15) is 0 Å². The molecule has 0 saturated carbocycles. The normalized spacial score (nSPS) is 17.4. The Kier molecular flexibility index (Phi) is 2.83. The fraction of sp³-hybridized carbons (Fsp3) is 0. The average Bonchev–Trinajstić information content (AvgIpc) is 2.17. The molecule has 0 aromatic rings. The maximum atomic E-state index is 8.18. The molecule has 52 valence electrons. The molecule has 3 heteroatoms. The van der Waals surface area contributed by atoms with Crippen molar-refractivity contribution in [1.29, 1.82) is 0 Å². The van der Waals surface area contributed by atoms with E-state index in [1.807, 2.05) is 29.0 Å². The molecule has 0 radical (unpaired) electrons. The first-order valence-electron chi connectivity index (χ1n) is 2.80. The first-order valence-corrected chi connectivity index (χ1v) is 3.74. The molecule has 2 nitrogen and oxygen atoms in total. The molecule has 0 spiro atoms. The van der Waals surface area contributed by atoms with Gasteiger partial charge in [-0.3, -0.25) is 0 Å². The van der Waals surface area contributed by atoms with Crippen LogP contribution in [0.15, 0.2) is 39.8 Å². The Morgan fingerprint density at radius 3 is 3.20 bits per heavy atom. The van der Waals surface area contributed by atoms with E-state index in [2.05, 4.69) is 5.16 Å². The zero-order chi connectivity index (χ0) is 7.23. The van der Waals surface area contributed by atoms with Crippen LogP contribution in [0.2, 0.25) is 0 Å². The molecule has 1 rings (SSSR count). The second-order valence-electron chi connectivity index (χ2n) is 1.69. The number of thioether (sulfide) groups is 1. The highest BCUT2D eigenvalue weighted by Crippen LogP contribution is 2.11. The molecule has 0 aromatic carbocycles. The molecule has 0 amide bonds. The van der Waals surface area contributed by atoms with Crippen LogP contribution in [0.4, 0.5) is 0 Å². The van der Waals surface area contributed by atoms with Crippen molar-refractivity contribution in [3.8, 4) is 0 Å². The van der Waals surface area contributed by atoms with Gasteiger partial charge in [0, 0.05) is 5.57 Å². The molecular formula is C7H7NOS. The highest BCUT2D eigenvalue weighted by molar-refractivity contribution is 8.04. The van der Waals surface area contributed by atoms with Gasteiger partial charge < -0.3 is 5.21 Å². The van der Waals surface area contributed by atoms with Crippen LogP contribution in [-0.4, -0.2) is 11.4 Å². The van der Waals surface area contributed by atoms with Gasteiger partial charge in [-0.15, -0.1) is 11.8 Å². The summed E-state index contributed by atoms with van der Waals surface area (Å²) < 4.78 is 0. The number of nitrogens with zero attached hydrogens (tertiary/aromatic N) is 1. The fourth-order valence-electron chi connectivity index (χ4n) is 0.555. The van der Waals surface area contributed by atoms with Crippen molar-refractivity contribution in [2.45, 2.75) is 0 Å². The van der Waals surface area contributed by atoms with E-state index in [9.17, 15) is 0 Å². The lowest BCUT2D eigenvalue weighted by atomic mass is 10.3. The molecule has 1 aliphatic heterocycles. The highest BCUT2D eigenvalue weighted by atomic mass is 32.2. The maximum Gasteiger partial charge on any atom is 0.0739 e. The molecule has 0 bridgehead atoms. The quantitative estimate of drug-likeness (QED) is 0.355. The van der Waals surface area contributed by atoms with Gasteiger partial charge in [-0.1, -0.05) is 23.4 Å². The van der Waals surface area contributed by atoms with E-state index < -0.39 is 0 Å². The van der Waals surface area contributed by atoms with E-state index in [0.29, 0.717) is 0 Å². The number of rotatable bonds is 1. The summed E-state index contributed by atoms with van der Waals surface area (Å²) in [7, 11) is 0. The smallest absolute Gasteiger partial charge is 0.0739 e. The predicted molar refractivity (Wildman–Crippen MR) is 44.2 cm³/mol. The summed E-state index contributed by atoms with van der Waals surface area (Å²) in [6.45, 7) is 0. The van der Waals surface area contributed by atoms with Gasteiger partial charge in [0.15, 0.2) is 0 Å². The Labute approximate surface area is 63.6 Å². The number of oxime groups is 1. The Morgan fingerprint density at radius 2 is 2.40 bits per heavy atom. The fourth-order valence-corrected chi connectivity index (χ4v) is 1.11. The molecule has 0 fully saturated rings. The Morgan fingerprint density at radius 1 is 1.50 bits per heavy atom. The lowest BCUT2D eigenvalue weighted by molar-refractivity contribution is 0.322. The van der Waals surface area contributed by atoms with E-state index in [-0.39, 0.29) is 0 Å². The molecule has 0 aliphatic carbocycles. The minimum atomic E-state index is 0.900. The van der Waals surface area contributed by atoms with Crippen molar-refractivity contribution in [2.24, 2.45) is 5.16 Å². The first kappa shape index (κ1) is 7.15. The van der Waals surface area contributed by atoms with Crippen molar-refractivity contribution in [3.05, 3.63) is 34.6 Å². The lowest BCUT2D eigenvalue weighted by Gasteiger charge is -1.85. The number of hydrogen-bond acceptors (Lipinski definition) is 3. The molecule has 1 aliphatic rings. The molecule has 0 atom stereocenters. The van der Waals surface area contributed by atoms with Gasteiger partial charge in [0.25, 0.3) is 0 Å². The van der Waals surface area contributed by atoms with E-state index in [1.165, 1.54) is 6.21 Å². The van der Waals surface area contributed by atoms with Gasteiger partial charge in [0.2, 0.25) is 0 Å². The zero-order valence-electron chi connectivity index (χ0n) is 5.27. The third kappa shape index (κ3) is 2.11. The summed E-state index contributed by atoms with van der Waals surface area (Å²) in [5, 5.41) is 14.9. The van der Waals surface area contributed by atoms with Crippen molar-refractivity contribution < 1.29 is 5.21 Å². The molecule has 10 heavy (non-hydrogen) atoms. The van der Waals surface area contributed by atoms with E-state index in [4.69, 9.17) is 5.21 Å². The SMILES string of the molecule is ON=CC1=CSC=CC=C1. The van der Waals surface area contributed by atoms with Crippen LogP contribution in [0.5, 0.6) is 0 Å². The van der Waals surface area contributed by atoms with Crippen LogP contribution < -0.4 is 0 Å². The van der Waals surface area contributed by atoms with Gasteiger partial charge >= 0.3 is 0 Å². The van der Waals surface area contributed by atoms with Crippen molar-refractivity contribution in [1.82, 2.24) is 0 Å². The largest absolute Gasteiger partial charge is 0.411 e. The van der Waals surface area contributed by atoms with Crippen LogP contribution >= 0.6 is 11.8 Å². The summed E-state index contributed by atoms with van der Waals surface area (Å²) in [5.74, 6) is 0. The monoisotopic (exact) mass is 153 g/mol. The van der Waals surface area contributed by atoms with Crippen LogP contribution in [-0.2, 0) is 0 Å². The Balaban J connectivity index is 2.68. The van der Waals surface area contributed by atoms with Crippen LogP contribution in [0, 0.1) is 0 Å². The average molecular weight is 153 g/mol. The second-order valence-corrected chi connectivity index (χ2v) is 2.47. The minimum Gasteiger partial charge on any atom is -0.411 e. The van der Waals surface area contributed by atoms with E-state index in [0.717, 1.165) is 5.57 Å². The van der Waals surface area contributed by atoms with Gasteiger partial charge in [-0.25, -0.2) is 0 Å². The minimum absolute atomic E-state index is 0.900. The molecule has 0 saturated heterocycles. The van der Waals surface area contributed by atoms with Gasteiger partial charge in [0.05, 0.1) is 6.21 Å². The standard InChI is InChI=1S/C7H7NOS/c9-8-5-7-3-1-2-4-10-6-7/h1-6,9H. The molecule has 1 heterocycles. The lowest BCUT2D eigenvalue weighted by Crippen LogP contribution is -1.75. The summed E-state index contributed by atoms with van der Waals surface area (Å²) >= 11 is 1.56. The topological polar surface area (TPSA) is 32.6 Å². The Bertz CT molecular complexity index is 216. The maximum absolute atomic E-state index is 8.18. The third-order valence-corrected chi connectivity index (χ3v) is 1.69. The molecule has 1 N–H and O–H groups in total. The highest BCUT2D eigenvalue weighted by Gasteiger charge is 1.87. The summed E-state index contributed by atoms with van der Waals surface area (Å²) in [6.07, 6.45) is 7.10. The summed E-state index contributed by atoms with van der Waals surface area (Å²) in [6, 6.07) is 0. The Hall–Kier alpha value is -0.960. The van der Waals surface area contributed by atoms with Crippen molar-refractivity contribution in [3.63, 3.8) is 0 Å². The molecule has 0 aromatic heterocycles. The molecule has 0 unspecified atom stereocenters. The molecular weight excluding hydrogens is 146 g/mol. The van der Waals surface area contributed by atoms with E-state index in [1.54, 1.807) is 11.8 Å². The van der Waals surface area contributed by atoms with Crippen LogP contribution in [0.3, 0.4) is 0 Å². The van der Waals surface area contributed by atoms with Crippen LogP contribution in [0.1, 0.15) is 0 Å². The van der Waals surface area contributed by atoms with Gasteiger partial charge in [-0.05, 0) is 10.8 Å². The van der Waals surface area contributed by atoms with Gasteiger partial charge in [-0.2, -0.15) is 0 Å². The first-order chi connectivity index (χ1) is 4.93. The van der Waals surface area contributed by atoms with E-state index >= 15 is 0 Å². The third-order valence-electron chi connectivity index (χ3n) is 0.968. The number of hydrogen-bond donors (Lipinski definition) is 1. The number of allylic oxidation sites excluding steroid dienone is 4. The zero-order valence-corrected chi connectivity index (χ0v) is 6.08. The second kappa shape index (κ2) is 3.95. The van der Waals surface area contributed by atoms with Crippen molar-refractivity contribution >= 4 is 18.0 Å².